The Labute approximate surface area is 106 Å². The maximum Gasteiger partial charge on any atom is 0.129 e. The third-order valence-electron chi connectivity index (χ3n) is 2.44. The second-order valence-electron chi connectivity index (χ2n) is 3.79. The first-order chi connectivity index (χ1) is 8.19. The molecule has 0 radical (unpaired) electrons. The number of benzene rings is 1. The minimum atomic E-state index is -0.351. The lowest BCUT2D eigenvalue weighted by Crippen LogP contribution is -2.29. The van der Waals surface area contributed by atoms with Crippen molar-refractivity contribution in [2.45, 2.75) is 25.8 Å². The average Bonchev–Trinajstić information content (AvgIpc) is 2.31. The Bertz CT molecular complexity index is 349. The minimum absolute atomic E-state index is 0.260. The van der Waals surface area contributed by atoms with E-state index in [9.17, 15) is 4.39 Å². The summed E-state index contributed by atoms with van der Waals surface area (Å²) in [6.07, 6.45) is 1.59. The van der Waals surface area contributed by atoms with Crippen LogP contribution in [0.5, 0.6) is 0 Å². The number of hydrogen-bond acceptors (Lipinski definition) is 3. The van der Waals surface area contributed by atoms with E-state index < -0.39 is 0 Å². The van der Waals surface area contributed by atoms with E-state index in [0.29, 0.717) is 30.2 Å². The monoisotopic (exact) mass is 260 g/mol. The topological polar surface area (TPSA) is 47.3 Å². The van der Waals surface area contributed by atoms with Crippen molar-refractivity contribution in [2.75, 3.05) is 13.2 Å². The fourth-order valence-corrected chi connectivity index (χ4v) is 1.72. The van der Waals surface area contributed by atoms with E-state index in [-0.39, 0.29) is 11.9 Å². The standard InChI is InChI=1S/C12H18ClFN2O/c1-2-6-17-7-5-12(16-15)10-4-3-9(13)8-11(10)14/h3-4,8,12,16H,2,5-7,15H2,1H3. The Morgan fingerprint density at radius 3 is 2.82 bits per heavy atom. The van der Waals surface area contributed by atoms with Gasteiger partial charge in [-0.2, -0.15) is 0 Å². The molecule has 1 atom stereocenters. The summed E-state index contributed by atoms with van der Waals surface area (Å²) < 4.78 is 19.0. The van der Waals surface area contributed by atoms with Gasteiger partial charge in [-0.1, -0.05) is 24.6 Å². The normalized spacial score (nSPS) is 12.7. The number of halogens is 2. The molecule has 5 heteroatoms. The van der Waals surface area contributed by atoms with Crippen LogP contribution in [-0.2, 0) is 4.74 Å². The van der Waals surface area contributed by atoms with Gasteiger partial charge in [-0.15, -0.1) is 0 Å². The fraction of sp³-hybridized carbons (Fsp3) is 0.500. The first-order valence-corrected chi connectivity index (χ1v) is 6.05. The molecule has 0 amide bonds. The molecule has 0 bridgehead atoms. The number of hydrogen-bond donors (Lipinski definition) is 2. The predicted octanol–water partition coefficient (Wildman–Crippen LogP) is 2.80. The maximum atomic E-state index is 13.6. The Morgan fingerprint density at radius 2 is 2.24 bits per heavy atom. The van der Waals surface area contributed by atoms with Crippen molar-refractivity contribution in [3.8, 4) is 0 Å². The van der Waals surface area contributed by atoms with Gasteiger partial charge < -0.3 is 4.74 Å². The van der Waals surface area contributed by atoms with Crippen LogP contribution in [0.3, 0.4) is 0 Å². The van der Waals surface area contributed by atoms with Gasteiger partial charge in [0.25, 0.3) is 0 Å². The molecule has 0 saturated carbocycles. The van der Waals surface area contributed by atoms with Gasteiger partial charge in [0.05, 0.1) is 6.04 Å². The smallest absolute Gasteiger partial charge is 0.129 e. The fourth-order valence-electron chi connectivity index (χ4n) is 1.56. The molecule has 0 heterocycles. The van der Waals surface area contributed by atoms with Crippen molar-refractivity contribution in [3.05, 3.63) is 34.6 Å². The van der Waals surface area contributed by atoms with Crippen molar-refractivity contribution >= 4 is 11.6 Å². The molecule has 3 N–H and O–H groups in total. The van der Waals surface area contributed by atoms with Gasteiger partial charge in [0.15, 0.2) is 0 Å². The van der Waals surface area contributed by atoms with Crippen LogP contribution in [0.1, 0.15) is 31.4 Å². The van der Waals surface area contributed by atoms with Gasteiger partial charge >= 0.3 is 0 Å². The Morgan fingerprint density at radius 1 is 1.47 bits per heavy atom. The summed E-state index contributed by atoms with van der Waals surface area (Å²) in [5.74, 6) is 5.07. The van der Waals surface area contributed by atoms with Gasteiger partial charge in [0.1, 0.15) is 5.82 Å². The van der Waals surface area contributed by atoms with Gasteiger partial charge in [0, 0.05) is 23.8 Å². The van der Waals surface area contributed by atoms with Gasteiger partial charge in [-0.25, -0.2) is 4.39 Å². The van der Waals surface area contributed by atoms with E-state index in [1.54, 1.807) is 12.1 Å². The van der Waals surface area contributed by atoms with Crippen molar-refractivity contribution in [3.63, 3.8) is 0 Å². The molecule has 0 aliphatic heterocycles. The lowest BCUT2D eigenvalue weighted by molar-refractivity contribution is 0.124. The SMILES string of the molecule is CCCOCCC(NN)c1ccc(Cl)cc1F. The van der Waals surface area contributed by atoms with Crippen LogP contribution in [0.4, 0.5) is 4.39 Å². The largest absolute Gasteiger partial charge is 0.381 e. The summed E-state index contributed by atoms with van der Waals surface area (Å²) in [6.45, 7) is 3.29. The first-order valence-electron chi connectivity index (χ1n) is 5.67. The molecule has 0 spiro atoms. The second-order valence-corrected chi connectivity index (χ2v) is 4.22. The van der Waals surface area contributed by atoms with Crippen LogP contribution in [0.15, 0.2) is 18.2 Å². The highest BCUT2D eigenvalue weighted by atomic mass is 35.5. The minimum Gasteiger partial charge on any atom is -0.381 e. The molecule has 0 fully saturated rings. The molecule has 1 rings (SSSR count). The predicted molar refractivity (Wildman–Crippen MR) is 67.2 cm³/mol. The number of hydrazine groups is 1. The summed E-state index contributed by atoms with van der Waals surface area (Å²) in [7, 11) is 0. The molecular weight excluding hydrogens is 243 g/mol. The average molecular weight is 261 g/mol. The molecule has 3 nitrogen and oxygen atoms in total. The summed E-state index contributed by atoms with van der Waals surface area (Å²) in [4.78, 5) is 0. The van der Waals surface area contributed by atoms with Gasteiger partial charge in [-0.05, 0) is 25.0 Å². The third-order valence-corrected chi connectivity index (χ3v) is 2.67. The Hall–Kier alpha value is -0.680. The van der Waals surface area contributed by atoms with Crippen LogP contribution < -0.4 is 11.3 Å². The highest BCUT2D eigenvalue weighted by Crippen LogP contribution is 2.22. The van der Waals surface area contributed by atoms with Crippen LogP contribution >= 0.6 is 11.6 Å². The molecule has 17 heavy (non-hydrogen) atoms. The molecular formula is C12H18ClFN2O. The van der Waals surface area contributed by atoms with E-state index in [4.69, 9.17) is 22.2 Å². The summed E-state index contributed by atoms with van der Waals surface area (Å²) in [5.41, 5.74) is 3.10. The quantitative estimate of drug-likeness (QED) is 0.450. The number of ether oxygens (including phenoxy) is 1. The van der Waals surface area contributed by atoms with Gasteiger partial charge in [0.2, 0.25) is 0 Å². The molecule has 0 aliphatic rings. The Balaban J connectivity index is 2.59. The zero-order valence-corrected chi connectivity index (χ0v) is 10.6. The maximum absolute atomic E-state index is 13.6. The number of nitrogens with two attached hydrogens (primary N) is 1. The molecule has 1 aromatic carbocycles. The third kappa shape index (κ3) is 4.60. The van der Waals surface area contributed by atoms with E-state index in [1.165, 1.54) is 6.07 Å². The summed E-state index contributed by atoms with van der Waals surface area (Å²) in [5, 5.41) is 0.379. The first kappa shape index (κ1) is 14.4. The molecule has 1 aromatic rings. The van der Waals surface area contributed by atoms with Crippen molar-refractivity contribution in [2.24, 2.45) is 5.84 Å². The number of nitrogens with one attached hydrogen (secondary N) is 1. The molecule has 0 aliphatic carbocycles. The summed E-state index contributed by atoms with van der Waals surface area (Å²) >= 11 is 5.69. The second kappa shape index (κ2) is 7.61. The van der Waals surface area contributed by atoms with E-state index in [1.807, 2.05) is 6.92 Å². The van der Waals surface area contributed by atoms with E-state index >= 15 is 0 Å². The molecule has 96 valence electrons. The van der Waals surface area contributed by atoms with E-state index in [2.05, 4.69) is 5.43 Å². The van der Waals surface area contributed by atoms with Crippen molar-refractivity contribution < 1.29 is 9.13 Å². The zero-order chi connectivity index (χ0) is 12.7. The van der Waals surface area contributed by atoms with Gasteiger partial charge in [-0.3, -0.25) is 11.3 Å². The lowest BCUT2D eigenvalue weighted by atomic mass is 10.0. The highest BCUT2D eigenvalue weighted by molar-refractivity contribution is 6.30. The molecule has 0 aromatic heterocycles. The van der Waals surface area contributed by atoms with E-state index in [0.717, 1.165) is 6.42 Å². The van der Waals surface area contributed by atoms with Crippen LogP contribution in [-0.4, -0.2) is 13.2 Å². The molecule has 1 unspecified atom stereocenters. The van der Waals surface area contributed by atoms with Crippen LogP contribution in [0, 0.1) is 5.82 Å². The number of rotatable bonds is 7. The van der Waals surface area contributed by atoms with Crippen LogP contribution in [0.25, 0.3) is 0 Å². The summed E-state index contributed by atoms with van der Waals surface area (Å²) in [6, 6.07) is 4.32. The van der Waals surface area contributed by atoms with Crippen molar-refractivity contribution in [1.82, 2.24) is 5.43 Å². The Kier molecular flexibility index (Phi) is 6.44. The highest BCUT2D eigenvalue weighted by Gasteiger charge is 2.14. The molecule has 0 saturated heterocycles. The van der Waals surface area contributed by atoms with Crippen molar-refractivity contribution in [1.29, 1.82) is 0 Å². The van der Waals surface area contributed by atoms with Crippen LogP contribution in [0.2, 0.25) is 5.02 Å². The lowest BCUT2D eigenvalue weighted by Gasteiger charge is -2.17. The zero-order valence-electron chi connectivity index (χ0n) is 9.88.